The predicted octanol–water partition coefficient (Wildman–Crippen LogP) is 3.47. The number of nitro benzene ring substituents is 1. The van der Waals surface area contributed by atoms with Gasteiger partial charge in [0, 0.05) is 25.2 Å². The Morgan fingerprint density at radius 3 is 2.48 bits per heavy atom. The van der Waals surface area contributed by atoms with Crippen LogP contribution in [-0.4, -0.2) is 44.9 Å². The first-order valence-corrected chi connectivity index (χ1v) is 9.72. The average Bonchev–Trinajstić information content (AvgIpc) is 3.06. The van der Waals surface area contributed by atoms with Crippen LogP contribution < -0.4 is 5.32 Å². The van der Waals surface area contributed by atoms with Crippen LogP contribution in [0.1, 0.15) is 19.4 Å². The molecule has 8 heteroatoms. The second-order valence-corrected chi connectivity index (χ2v) is 6.75. The first-order chi connectivity index (χ1) is 14.0. The zero-order valence-corrected chi connectivity index (χ0v) is 16.7. The van der Waals surface area contributed by atoms with Gasteiger partial charge in [-0.2, -0.15) is 0 Å². The maximum Gasteiger partial charge on any atom is 0.269 e. The van der Waals surface area contributed by atoms with Crippen LogP contribution in [0.3, 0.4) is 0 Å². The smallest absolute Gasteiger partial charge is 0.269 e. The number of nitro groups is 1. The number of likely N-dealkylation sites (N-methyl/N-ethyl adjacent to an activating group) is 1. The number of anilines is 1. The number of fused-ring (bicyclic) bond motifs is 1. The molecule has 1 heterocycles. The normalized spacial score (nSPS) is 11.1. The number of amides is 1. The van der Waals surface area contributed by atoms with E-state index in [2.05, 4.69) is 29.0 Å². The average molecular weight is 395 g/mol. The number of hydrogen-bond donors (Lipinski definition) is 1. The lowest BCUT2D eigenvalue weighted by atomic mass is 10.1. The molecule has 152 valence electrons. The van der Waals surface area contributed by atoms with Crippen molar-refractivity contribution in [2.24, 2.45) is 0 Å². The quantitative estimate of drug-likeness (QED) is 0.442. The Hall–Kier alpha value is -3.26. The van der Waals surface area contributed by atoms with E-state index in [1.165, 1.54) is 12.1 Å². The van der Waals surface area contributed by atoms with E-state index in [0.717, 1.165) is 37.2 Å². The molecule has 0 saturated heterocycles. The minimum absolute atomic E-state index is 0.00681. The Labute approximate surface area is 169 Å². The fraction of sp³-hybridized carbons (Fsp3) is 0.333. The third-order valence-electron chi connectivity index (χ3n) is 4.95. The molecule has 0 aliphatic rings. The SMILES string of the molecule is CCN(CC)CCn1c(NC(=O)Cc2ccc([N+](=O)[O-])cc2)nc2ccccc21. The number of rotatable bonds is 9. The minimum Gasteiger partial charge on any atom is -0.309 e. The van der Waals surface area contributed by atoms with Crippen molar-refractivity contribution in [3.63, 3.8) is 0 Å². The van der Waals surface area contributed by atoms with Gasteiger partial charge in [-0.25, -0.2) is 4.98 Å². The number of non-ortho nitro benzene ring substituents is 1. The molecule has 3 aromatic rings. The first-order valence-electron chi connectivity index (χ1n) is 9.72. The van der Waals surface area contributed by atoms with Crippen molar-refractivity contribution in [3.8, 4) is 0 Å². The highest BCUT2D eigenvalue weighted by Crippen LogP contribution is 2.20. The van der Waals surface area contributed by atoms with E-state index in [-0.39, 0.29) is 18.0 Å². The fourth-order valence-electron chi connectivity index (χ4n) is 3.27. The van der Waals surface area contributed by atoms with Gasteiger partial charge in [-0.15, -0.1) is 0 Å². The molecule has 0 atom stereocenters. The van der Waals surface area contributed by atoms with E-state index in [1.807, 2.05) is 28.8 Å². The fourth-order valence-corrected chi connectivity index (χ4v) is 3.27. The highest BCUT2D eigenvalue weighted by atomic mass is 16.6. The molecule has 2 aromatic carbocycles. The third kappa shape index (κ3) is 4.97. The van der Waals surface area contributed by atoms with Crippen molar-refractivity contribution in [3.05, 3.63) is 64.2 Å². The van der Waals surface area contributed by atoms with E-state index < -0.39 is 4.92 Å². The van der Waals surface area contributed by atoms with Gasteiger partial charge in [0.1, 0.15) is 0 Å². The molecule has 0 spiro atoms. The zero-order valence-electron chi connectivity index (χ0n) is 16.7. The number of hydrogen-bond acceptors (Lipinski definition) is 5. The summed E-state index contributed by atoms with van der Waals surface area (Å²) in [6.07, 6.45) is 0.122. The van der Waals surface area contributed by atoms with Crippen LogP contribution >= 0.6 is 0 Å². The second kappa shape index (κ2) is 9.29. The van der Waals surface area contributed by atoms with E-state index in [1.54, 1.807) is 12.1 Å². The Kier molecular flexibility index (Phi) is 6.56. The molecule has 29 heavy (non-hydrogen) atoms. The summed E-state index contributed by atoms with van der Waals surface area (Å²) in [7, 11) is 0. The number of para-hydroxylation sites is 2. The number of carbonyl (C=O) groups excluding carboxylic acids is 1. The van der Waals surface area contributed by atoms with Crippen LogP contribution in [0.25, 0.3) is 11.0 Å². The molecule has 0 aliphatic carbocycles. The van der Waals surface area contributed by atoms with Gasteiger partial charge >= 0.3 is 0 Å². The molecule has 0 fully saturated rings. The molecule has 0 bridgehead atoms. The summed E-state index contributed by atoms with van der Waals surface area (Å²) < 4.78 is 2.03. The molecule has 0 saturated carbocycles. The molecule has 0 unspecified atom stereocenters. The Bertz CT molecular complexity index is 993. The van der Waals surface area contributed by atoms with Crippen LogP contribution in [0.2, 0.25) is 0 Å². The standard InChI is InChI=1S/C21H25N5O3/c1-3-24(4-2)13-14-25-19-8-6-5-7-18(19)22-21(25)23-20(27)15-16-9-11-17(12-10-16)26(28)29/h5-12H,3-4,13-15H2,1-2H3,(H,22,23,27). The second-order valence-electron chi connectivity index (χ2n) is 6.75. The van der Waals surface area contributed by atoms with Crippen LogP contribution in [0, 0.1) is 10.1 Å². The molecule has 8 nitrogen and oxygen atoms in total. The van der Waals surface area contributed by atoms with Crippen molar-refractivity contribution in [1.29, 1.82) is 0 Å². The van der Waals surface area contributed by atoms with Crippen molar-refractivity contribution in [2.45, 2.75) is 26.8 Å². The summed E-state index contributed by atoms with van der Waals surface area (Å²) in [5.41, 5.74) is 2.52. The zero-order chi connectivity index (χ0) is 20.8. The van der Waals surface area contributed by atoms with Gasteiger partial charge in [-0.05, 0) is 30.8 Å². The van der Waals surface area contributed by atoms with Crippen LogP contribution in [0.15, 0.2) is 48.5 Å². The lowest BCUT2D eigenvalue weighted by molar-refractivity contribution is -0.384. The van der Waals surface area contributed by atoms with Gasteiger partial charge in [-0.1, -0.05) is 38.1 Å². The minimum atomic E-state index is -0.456. The highest BCUT2D eigenvalue weighted by molar-refractivity contribution is 5.92. The van der Waals surface area contributed by atoms with Gasteiger partial charge < -0.3 is 9.47 Å². The number of benzene rings is 2. The van der Waals surface area contributed by atoms with E-state index >= 15 is 0 Å². The molecule has 0 aliphatic heterocycles. The molecule has 1 N–H and O–H groups in total. The van der Waals surface area contributed by atoms with E-state index in [9.17, 15) is 14.9 Å². The molecular weight excluding hydrogens is 370 g/mol. The van der Waals surface area contributed by atoms with Crippen molar-refractivity contribution >= 4 is 28.6 Å². The molecule has 0 radical (unpaired) electrons. The van der Waals surface area contributed by atoms with Gasteiger partial charge in [-0.3, -0.25) is 20.2 Å². The maximum absolute atomic E-state index is 12.6. The summed E-state index contributed by atoms with van der Waals surface area (Å²) in [5, 5.41) is 13.7. The Morgan fingerprint density at radius 2 is 1.83 bits per heavy atom. The van der Waals surface area contributed by atoms with Gasteiger partial charge in [0.25, 0.3) is 5.69 Å². The number of carbonyl (C=O) groups is 1. The van der Waals surface area contributed by atoms with Gasteiger partial charge in [0.2, 0.25) is 11.9 Å². The summed E-state index contributed by atoms with van der Waals surface area (Å²) in [6.45, 7) is 7.76. The number of imidazole rings is 1. The van der Waals surface area contributed by atoms with Crippen LogP contribution in [-0.2, 0) is 17.8 Å². The summed E-state index contributed by atoms with van der Waals surface area (Å²) >= 11 is 0. The van der Waals surface area contributed by atoms with Crippen LogP contribution in [0.4, 0.5) is 11.6 Å². The van der Waals surface area contributed by atoms with E-state index in [0.29, 0.717) is 11.5 Å². The maximum atomic E-state index is 12.6. The molecule has 3 rings (SSSR count). The summed E-state index contributed by atoms with van der Waals surface area (Å²) in [5.74, 6) is 0.309. The monoisotopic (exact) mass is 395 g/mol. The Balaban J connectivity index is 1.76. The summed E-state index contributed by atoms with van der Waals surface area (Å²) in [6, 6.07) is 13.8. The van der Waals surface area contributed by atoms with Crippen molar-refractivity contribution < 1.29 is 9.72 Å². The molecule has 1 amide bonds. The number of nitrogens with zero attached hydrogens (tertiary/aromatic N) is 4. The molecular formula is C21H25N5O3. The number of aromatic nitrogens is 2. The van der Waals surface area contributed by atoms with Crippen LogP contribution in [0.5, 0.6) is 0 Å². The topological polar surface area (TPSA) is 93.3 Å². The Morgan fingerprint density at radius 1 is 1.14 bits per heavy atom. The van der Waals surface area contributed by atoms with E-state index in [4.69, 9.17) is 0 Å². The van der Waals surface area contributed by atoms with Crippen molar-refractivity contribution in [1.82, 2.24) is 14.5 Å². The van der Waals surface area contributed by atoms with Gasteiger partial charge in [0.05, 0.1) is 22.4 Å². The predicted molar refractivity (Wildman–Crippen MR) is 113 cm³/mol. The van der Waals surface area contributed by atoms with Gasteiger partial charge in [0.15, 0.2) is 0 Å². The highest BCUT2D eigenvalue weighted by Gasteiger charge is 2.15. The number of nitrogens with one attached hydrogen (secondary N) is 1. The lowest BCUT2D eigenvalue weighted by Crippen LogP contribution is -2.28. The molecule has 1 aromatic heterocycles. The van der Waals surface area contributed by atoms with Crippen molar-refractivity contribution in [2.75, 3.05) is 25.0 Å². The third-order valence-corrected chi connectivity index (χ3v) is 4.95. The lowest BCUT2D eigenvalue weighted by Gasteiger charge is -2.19. The largest absolute Gasteiger partial charge is 0.309 e. The first kappa shape index (κ1) is 20.5. The summed E-state index contributed by atoms with van der Waals surface area (Å²) in [4.78, 5) is 29.8.